The number of nitrogens with zero attached hydrogens (tertiary/aromatic N) is 5. The van der Waals surface area contributed by atoms with E-state index in [0.717, 1.165) is 49.2 Å². The van der Waals surface area contributed by atoms with Crippen molar-refractivity contribution in [2.45, 2.75) is 44.6 Å². The van der Waals surface area contributed by atoms with E-state index in [0.29, 0.717) is 11.6 Å². The Morgan fingerprint density at radius 1 is 1.03 bits per heavy atom. The molecule has 0 radical (unpaired) electrons. The summed E-state index contributed by atoms with van der Waals surface area (Å²) < 4.78 is 36.3. The van der Waals surface area contributed by atoms with E-state index in [1.165, 1.54) is 28.2 Å². The molecule has 2 aromatic heterocycles. The summed E-state index contributed by atoms with van der Waals surface area (Å²) in [5, 5.41) is 3.97. The molecule has 0 aliphatic carbocycles. The van der Waals surface area contributed by atoms with Gasteiger partial charge in [-0.05, 0) is 55.9 Å². The maximum atomic E-state index is 13.0. The SMILES string of the molecule is Cc1ccccc1CCN1CCC(Oc2cc(-c3c(C)cccc3C)nc(NS(=O)(=O)c3cnn(C)c3)n2)C1. The van der Waals surface area contributed by atoms with E-state index in [1.54, 1.807) is 13.1 Å². The maximum absolute atomic E-state index is 13.0. The Balaban J connectivity index is 1.37. The van der Waals surface area contributed by atoms with Gasteiger partial charge in [0.1, 0.15) is 11.0 Å². The molecule has 39 heavy (non-hydrogen) atoms. The number of ether oxygens (including phenoxy) is 1. The highest BCUT2D eigenvalue weighted by atomic mass is 32.2. The largest absolute Gasteiger partial charge is 0.473 e. The quantitative estimate of drug-likeness (QED) is 0.334. The molecule has 0 spiro atoms. The zero-order valence-electron chi connectivity index (χ0n) is 22.8. The Labute approximate surface area is 229 Å². The predicted molar refractivity (Wildman–Crippen MR) is 151 cm³/mol. The number of hydrogen-bond acceptors (Lipinski definition) is 7. The lowest BCUT2D eigenvalue weighted by atomic mass is 10.00. The minimum Gasteiger partial charge on any atom is -0.473 e. The van der Waals surface area contributed by atoms with Gasteiger partial charge < -0.3 is 4.74 Å². The lowest BCUT2D eigenvalue weighted by Gasteiger charge is -2.18. The third-order valence-corrected chi connectivity index (χ3v) is 8.41. The standard InChI is InChI=1S/C29H34N6O3S/c1-20-8-5-6-11-23(20)12-14-35-15-13-24(18-35)38-27-16-26(28-21(2)9-7-10-22(28)3)31-29(32-27)33-39(36,37)25-17-30-34(4)19-25/h5-11,16-17,19,24H,12-15,18H2,1-4H3,(H,31,32,33). The first-order chi connectivity index (χ1) is 18.7. The van der Waals surface area contributed by atoms with Gasteiger partial charge in [0.05, 0.1) is 11.9 Å². The second-order valence-corrected chi connectivity index (χ2v) is 11.8. The van der Waals surface area contributed by atoms with Crippen LogP contribution in [0.1, 0.15) is 28.7 Å². The first-order valence-electron chi connectivity index (χ1n) is 13.1. The molecule has 5 rings (SSSR count). The van der Waals surface area contributed by atoms with E-state index in [-0.39, 0.29) is 16.9 Å². The van der Waals surface area contributed by atoms with Crippen molar-refractivity contribution in [2.75, 3.05) is 24.4 Å². The minimum atomic E-state index is -3.92. The third-order valence-electron chi connectivity index (χ3n) is 7.13. The van der Waals surface area contributed by atoms with Crippen molar-refractivity contribution in [3.8, 4) is 17.1 Å². The van der Waals surface area contributed by atoms with Crippen LogP contribution in [0.5, 0.6) is 5.88 Å². The molecule has 10 heteroatoms. The minimum absolute atomic E-state index is 0.0358. The van der Waals surface area contributed by atoms with E-state index < -0.39 is 10.0 Å². The van der Waals surface area contributed by atoms with Crippen molar-refractivity contribution >= 4 is 16.0 Å². The van der Waals surface area contributed by atoms with Crippen LogP contribution >= 0.6 is 0 Å². The van der Waals surface area contributed by atoms with Gasteiger partial charge in [0.15, 0.2) is 0 Å². The van der Waals surface area contributed by atoms with Crippen molar-refractivity contribution in [1.82, 2.24) is 24.6 Å². The summed E-state index contributed by atoms with van der Waals surface area (Å²) in [4.78, 5) is 11.5. The summed E-state index contributed by atoms with van der Waals surface area (Å²) >= 11 is 0. The molecule has 4 aromatic rings. The molecule has 2 aromatic carbocycles. The molecule has 1 atom stereocenters. The number of rotatable bonds is 9. The summed E-state index contributed by atoms with van der Waals surface area (Å²) in [6.45, 7) is 8.84. The number of nitrogens with one attached hydrogen (secondary N) is 1. The van der Waals surface area contributed by atoms with E-state index >= 15 is 0 Å². The smallest absolute Gasteiger partial charge is 0.267 e. The summed E-state index contributed by atoms with van der Waals surface area (Å²) in [5.41, 5.74) is 6.27. The Bertz CT molecular complexity index is 1560. The monoisotopic (exact) mass is 546 g/mol. The zero-order valence-corrected chi connectivity index (χ0v) is 23.6. The van der Waals surface area contributed by atoms with Gasteiger partial charge in [-0.1, -0.05) is 42.5 Å². The van der Waals surface area contributed by atoms with Gasteiger partial charge in [0, 0.05) is 44.5 Å². The highest BCUT2D eigenvalue weighted by molar-refractivity contribution is 7.92. The van der Waals surface area contributed by atoms with Crippen LogP contribution in [0.2, 0.25) is 0 Å². The van der Waals surface area contributed by atoms with Crippen LogP contribution in [0.25, 0.3) is 11.3 Å². The average Bonchev–Trinajstić information content (AvgIpc) is 3.52. The number of benzene rings is 2. The molecule has 1 fully saturated rings. The van der Waals surface area contributed by atoms with Crippen LogP contribution in [-0.4, -0.2) is 58.8 Å². The molecule has 9 nitrogen and oxygen atoms in total. The average molecular weight is 547 g/mol. The van der Waals surface area contributed by atoms with E-state index in [4.69, 9.17) is 4.74 Å². The lowest BCUT2D eigenvalue weighted by Crippen LogP contribution is -2.27. The molecule has 0 bridgehead atoms. The number of likely N-dealkylation sites (tertiary alicyclic amines) is 1. The van der Waals surface area contributed by atoms with Crippen LogP contribution in [0.15, 0.2) is 65.8 Å². The van der Waals surface area contributed by atoms with E-state index in [9.17, 15) is 8.42 Å². The Morgan fingerprint density at radius 3 is 2.49 bits per heavy atom. The van der Waals surface area contributed by atoms with Crippen molar-refractivity contribution < 1.29 is 13.2 Å². The maximum Gasteiger partial charge on any atom is 0.267 e. The molecule has 1 aliphatic heterocycles. The molecule has 0 saturated carbocycles. The first-order valence-corrected chi connectivity index (χ1v) is 14.6. The second-order valence-electron chi connectivity index (χ2n) is 10.1. The van der Waals surface area contributed by atoms with Crippen LogP contribution in [0.3, 0.4) is 0 Å². The molecular weight excluding hydrogens is 512 g/mol. The van der Waals surface area contributed by atoms with Crippen molar-refractivity contribution in [1.29, 1.82) is 0 Å². The first kappa shape index (κ1) is 26.8. The van der Waals surface area contributed by atoms with Crippen LogP contribution < -0.4 is 9.46 Å². The van der Waals surface area contributed by atoms with Gasteiger partial charge in [0.25, 0.3) is 10.0 Å². The van der Waals surface area contributed by atoms with Gasteiger partial charge in [-0.15, -0.1) is 0 Å². The number of anilines is 1. The highest BCUT2D eigenvalue weighted by Gasteiger charge is 2.26. The zero-order chi connectivity index (χ0) is 27.6. The summed E-state index contributed by atoms with van der Waals surface area (Å²) in [7, 11) is -2.26. The van der Waals surface area contributed by atoms with E-state index in [2.05, 4.69) is 55.9 Å². The van der Waals surface area contributed by atoms with E-state index in [1.807, 2.05) is 32.0 Å². The van der Waals surface area contributed by atoms with Crippen LogP contribution in [-0.2, 0) is 23.5 Å². The Hall–Kier alpha value is -3.76. The van der Waals surface area contributed by atoms with Crippen molar-refractivity contribution in [2.24, 2.45) is 7.05 Å². The number of aryl methyl sites for hydroxylation is 4. The van der Waals surface area contributed by atoms with Crippen LogP contribution in [0.4, 0.5) is 5.95 Å². The Kier molecular flexibility index (Phi) is 7.67. The highest BCUT2D eigenvalue weighted by Crippen LogP contribution is 2.30. The summed E-state index contributed by atoms with van der Waals surface area (Å²) in [6, 6.07) is 16.3. The number of hydrogen-bond donors (Lipinski definition) is 1. The molecule has 0 amide bonds. The topological polar surface area (TPSA) is 102 Å². The fraction of sp³-hybridized carbons (Fsp3) is 0.345. The molecular formula is C29H34N6O3S. The van der Waals surface area contributed by atoms with Gasteiger partial charge in [-0.25, -0.2) is 18.1 Å². The van der Waals surface area contributed by atoms with Crippen LogP contribution in [0, 0.1) is 20.8 Å². The van der Waals surface area contributed by atoms with Crippen molar-refractivity contribution in [3.63, 3.8) is 0 Å². The fourth-order valence-electron chi connectivity index (χ4n) is 5.03. The molecule has 1 unspecified atom stereocenters. The number of sulfonamides is 1. The fourth-order valence-corrected chi connectivity index (χ4v) is 5.96. The molecule has 1 aliphatic rings. The summed E-state index contributed by atoms with van der Waals surface area (Å²) in [6.07, 6.45) is 4.53. The predicted octanol–water partition coefficient (Wildman–Crippen LogP) is 4.30. The van der Waals surface area contributed by atoms with Gasteiger partial charge in [-0.3, -0.25) is 9.58 Å². The van der Waals surface area contributed by atoms with Gasteiger partial charge in [-0.2, -0.15) is 10.1 Å². The summed E-state index contributed by atoms with van der Waals surface area (Å²) in [5.74, 6) is 0.306. The molecule has 1 N–H and O–H groups in total. The van der Waals surface area contributed by atoms with Gasteiger partial charge in [0.2, 0.25) is 11.8 Å². The second kappa shape index (κ2) is 11.2. The third kappa shape index (κ3) is 6.29. The molecule has 204 valence electrons. The van der Waals surface area contributed by atoms with Gasteiger partial charge >= 0.3 is 0 Å². The normalized spacial score (nSPS) is 15.9. The van der Waals surface area contributed by atoms with Crippen molar-refractivity contribution in [3.05, 3.63) is 83.2 Å². The lowest BCUT2D eigenvalue weighted by molar-refractivity contribution is 0.193. The number of aromatic nitrogens is 4. The molecule has 3 heterocycles. The molecule has 1 saturated heterocycles. The Morgan fingerprint density at radius 2 is 1.77 bits per heavy atom.